The SMILES string of the molecule is CCCCNc1nc(N)nc2c3ccccc3n(Cc3cc(CNCCO)ccc3OC)c12.CCO. The first-order chi connectivity index (χ1) is 17.6. The van der Waals surface area contributed by atoms with E-state index in [0.29, 0.717) is 19.6 Å². The third kappa shape index (κ3) is 6.42. The Hall–Kier alpha value is -3.40. The van der Waals surface area contributed by atoms with Crippen molar-refractivity contribution in [2.24, 2.45) is 0 Å². The second-order valence-corrected chi connectivity index (χ2v) is 8.37. The Balaban J connectivity index is 0.00000115. The van der Waals surface area contributed by atoms with E-state index in [2.05, 4.69) is 50.3 Å². The van der Waals surface area contributed by atoms with Crippen LogP contribution in [0.3, 0.4) is 0 Å². The average molecular weight is 495 g/mol. The number of benzene rings is 2. The highest BCUT2D eigenvalue weighted by molar-refractivity contribution is 6.09. The zero-order valence-electron chi connectivity index (χ0n) is 21.4. The fourth-order valence-corrected chi connectivity index (χ4v) is 4.16. The van der Waals surface area contributed by atoms with Gasteiger partial charge in [-0.2, -0.15) is 4.98 Å². The van der Waals surface area contributed by atoms with Gasteiger partial charge < -0.3 is 35.9 Å². The zero-order chi connectivity index (χ0) is 25.9. The summed E-state index contributed by atoms with van der Waals surface area (Å²) in [6, 6.07) is 14.4. The van der Waals surface area contributed by atoms with Crippen molar-refractivity contribution in [2.75, 3.05) is 44.5 Å². The first-order valence-corrected chi connectivity index (χ1v) is 12.4. The lowest BCUT2D eigenvalue weighted by molar-refractivity contribution is 0.292. The number of aromatic nitrogens is 3. The smallest absolute Gasteiger partial charge is 0.222 e. The summed E-state index contributed by atoms with van der Waals surface area (Å²) in [7, 11) is 1.69. The van der Waals surface area contributed by atoms with Gasteiger partial charge in [0, 0.05) is 37.2 Å². The number of anilines is 2. The highest BCUT2D eigenvalue weighted by Gasteiger charge is 2.19. The standard InChI is InChI=1S/C25H32N6O2.C2H6O/c1-3-4-11-28-24-23-22(29-25(26)30-24)19-7-5-6-8-20(19)31(23)16-18-14-17(15-27-12-13-32)9-10-21(18)33-2;1-2-3/h5-10,14,27,32H,3-4,11-13,15-16H2,1-2H3,(H3,26,28,29,30);3H,2H2,1H3. The molecule has 0 unspecified atom stereocenters. The molecule has 0 aliphatic carbocycles. The van der Waals surface area contributed by atoms with Gasteiger partial charge in [0.1, 0.15) is 16.8 Å². The molecule has 0 saturated carbocycles. The summed E-state index contributed by atoms with van der Waals surface area (Å²) in [6.07, 6.45) is 2.14. The minimum Gasteiger partial charge on any atom is -0.496 e. The molecule has 2 aromatic carbocycles. The van der Waals surface area contributed by atoms with Crippen molar-refractivity contribution in [3.05, 3.63) is 53.6 Å². The molecule has 0 radical (unpaired) electrons. The van der Waals surface area contributed by atoms with Crippen LogP contribution in [0.5, 0.6) is 5.75 Å². The second-order valence-electron chi connectivity index (χ2n) is 8.37. The van der Waals surface area contributed by atoms with Crippen LogP contribution in [0.4, 0.5) is 11.8 Å². The van der Waals surface area contributed by atoms with Gasteiger partial charge in [0.05, 0.1) is 25.8 Å². The van der Waals surface area contributed by atoms with Crippen LogP contribution in [0, 0.1) is 0 Å². The maximum atomic E-state index is 9.06. The van der Waals surface area contributed by atoms with E-state index >= 15 is 0 Å². The maximum absolute atomic E-state index is 9.06. The number of aliphatic hydroxyl groups excluding tert-OH is 2. The molecule has 0 aliphatic heterocycles. The highest BCUT2D eigenvalue weighted by Crippen LogP contribution is 2.34. The van der Waals surface area contributed by atoms with E-state index in [1.54, 1.807) is 14.0 Å². The van der Waals surface area contributed by atoms with Crippen LogP contribution in [0.2, 0.25) is 0 Å². The Morgan fingerprint density at radius 1 is 1.06 bits per heavy atom. The Kier molecular flexibility index (Phi) is 10.3. The molecule has 2 heterocycles. The van der Waals surface area contributed by atoms with Gasteiger partial charge in [-0.25, -0.2) is 4.98 Å². The molecule has 194 valence electrons. The highest BCUT2D eigenvalue weighted by atomic mass is 16.5. The minimum atomic E-state index is 0.112. The first-order valence-electron chi connectivity index (χ1n) is 12.4. The number of para-hydroxylation sites is 1. The molecule has 0 aliphatic rings. The van der Waals surface area contributed by atoms with Crippen molar-refractivity contribution in [3.63, 3.8) is 0 Å². The van der Waals surface area contributed by atoms with E-state index in [4.69, 9.17) is 20.7 Å². The van der Waals surface area contributed by atoms with Crippen molar-refractivity contribution in [2.45, 2.75) is 39.8 Å². The Morgan fingerprint density at radius 3 is 2.56 bits per heavy atom. The molecule has 4 rings (SSSR count). The van der Waals surface area contributed by atoms with E-state index in [0.717, 1.165) is 64.0 Å². The molecule has 9 heteroatoms. The number of nitrogens with zero attached hydrogens (tertiary/aromatic N) is 3. The number of methoxy groups -OCH3 is 1. The van der Waals surface area contributed by atoms with Crippen LogP contribution in [-0.2, 0) is 13.1 Å². The Bertz CT molecular complexity index is 1260. The molecular weight excluding hydrogens is 456 g/mol. The Labute approximate surface area is 212 Å². The van der Waals surface area contributed by atoms with Crippen LogP contribution in [0.15, 0.2) is 42.5 Å². The van der Waals surface area contributed by atoms with Gasteiger partial charge in [-0.15, -0.1) is 0 Å². The lowest BCUT2D eigenvalue weighted by Crippen LogP contribution is -2.17. The molecule has 36 heavy (non-hydrogen) atoms. The minimum absolute atomic E-state index is 0.112. The van der Waals surface area contributed by atoms with E-state index in [1.165, 1.54) is 0 Å². The summed E-state index contributed by atoms with van der Waals surface area (Å²) in [5.74, 6) is 1.84. The number of unbranched alkanes of at least 4 members (excludes halogenated alkanes) is 1. The number of aliphatic hydroxyl groups is 2. The van der Waals surface area contributed by atoms with Gasteiger partial charge in [0.15, 0.2) is 5.82 Å². The van der Waals surface area contributed by atoms with E-state index in [9.17, 15) is 0 Å². The topological polar surface area (TPSA) is 130 Å². The third-order valence-corrected chi connectivity index (χ3v) is 5.73. The van der Waals surface area contributed by atoms with Gasteiger partial charge in [-0.05, 0) is 37.1 Å². The van der Waals surface area contributed by atoms with Crippen LogP contribution in [-0.4, -0.2) is 58.2 Å². The third-order valence-electron chi connectivity index (χ3n) is 5.73. The summed E-state index contributed by atoms with van der Waals surface area (Å²) in [5, 5.41) is 24.4. The number of fused-ring (bicyclic) bond motifs is 3. The summed E-state index contributed by atoms with van der Waals surface area (Å²) in [5.41, 5.74) is 11.1. The van der Waals surface area contributed by atoms with Crippen LogP contribution >= 0.6 is 0 Å². The number of nitrogens with two attached hydrogens (primary N) is 1. The van der Waals surface area contributed by atoms with E-state index in [1.807, 2.05) is 24.3 Å². The normalized spacial score (nSPS) is 10.9. The molecular formula is C27H38N6O3. The van der Waals surface area contributed by atoms with Crippen molar-refractivity contribution in [1.82, 2.24) is 19.9 Å². The number of hydrogen-bond donors (Lipinski definition) is 5. The lowest BCUT2D eigenvalue weighted by atomic mass is 10.1. The molecule has 0 saturated heterocycles. The van der Waals surface area contributed by atoms with Crippen LogP contribution in [0.1, 0.15) is 37.8 Å². The molecule has 0 atom stereocenters. The molecule has 9 nitrogen and oxygen atoms in total. The summed E-state index contributed by atoms with van der Waals surface area (Å²) < 4.78 is 7.92. The molecule has 6 N–H and O–H groups in total. The quantitative estimate of drug-likeness (QED) is 0.200. The van der Waals surface area contributed by atoms with Crippen molar-refractivity contribution in [1.29, 1.82) is 0 Å². The molecule has 0 fully saturated rings. The predicted molar refractivity (Wildman–Crippen MR) is 146 cm³/mol. The molecule has 2 aromatic heterocycles. The van der Waals surface area contributed by atoms with Gasteiger partial charge in [0.2, 0.25) is 5.95 Å². The van der Waals surface area contributed by atoms with Gasteiger partial charge >= 0.3 is 0 Å². The lowest BCUT2D eigenvalue weighted by Gasteiger charge is -2.15. The molecule has 0 bridgehead atoms. The maximum Gasteiger partial charge on any atom is 0.222 e. The van der Waals surface area contributed by atoms with Crippen LogP contribution < -0.4 is 21.1 Å². The number of ether oxygens (including phenoxy) is 1. The number of hydrogen-bond acceptors (Lipinski definition) is 8. The fraction of sp³-hybridized carbons (Fsp3) is 0.407. The fourth-order valence-electron chi connectivity index (χ4n) is 4.16. The van der Waals surface area contributed by atoms with Gasteiger partial charge in [0.25, 0.3) is 0 Å². The number of nitrogen functional groups attached to an aromatic ring is 1. The molecule has 0 amide bonds. The van der Waals surface area contributed by atoms with E-state index in [-0.39, 0.29) is 19.2 Å². The van der Waals surface area contributed by atoms with Crippen molar-refractivity contribution >= 4 is 33.7 Å². The summed E-state index contributed by atoms with van der Waals surface area (Å²) >= 11 is 0. The second kappa shape index (κ2) is 13.6. The van der Waals surface area contributed by atoms with Crippen molar-refractivity contribution in [3.8, 4) is 5.75 Å². The van der Waals surface area contributed by atoms with Crippen molar-refractivity contribution < 1.29 is 14.9 Å². The summed E-state index contributed by atoms with van der Waals surface area (Å²) in [4.78, 5) is 9.16. The molecule has 4 aromatic rings. The van der Waals surface area contributed by atoms with Gasteiger partial charge in [-0.1, -0.05) is 37.6 Å². The monoisotopic (exact) mass is 494 g/mol. The molecule has 0 spiro atoms. The van der Waals surface area contributed by atoms with E-state index < -0.39 is 0 Å². The van der Waals surface area contributed by atoms with Crippen LogP contribution in [0.25, 0.3) is 21.9 Å². The number of nitrogens with one attached hydrogen (secondary N) is 2. The number of rotatable bonds is 11. The predicted octanol–water partition coefficient (Wildman–Crippen LogP) is 3.52. The Morgan fingerprint density at radius 2 is 1.83 bits per heavy atom. The first kappa shape index (κ1) is 27.2. The zero-order valence-corrected chi connectivity index (χ0v) is 21.4. The summed E-state index contributed by atoms with van der Waals surface area (Å²) in [6.45, 7) is 6.85. The average Bonchev–Trinajstić information content (AvgIpc) is 3.18. The largest absolute Gasteiger partial charge is 0.496 e. The van der Waals surface area contributed by atoms with Gasteiger partial charge in [-0.3, -0.25) is 0 Å².